The molecule has 1 saturated carbocycles. The molecule has 2 rings (SSSR count). The maximum atomic E-state index is 10.8. The van der Waals surface area contributed by atoms with Crippen molar-refractivity contribution in [1.29, 1.82) is 0 Å². The summed E-state index contributed by atoms with van der Waals surface area (Å²) in [5, 5.41) is 13.7. The van der Waals surface area contributed by atoms with E-state index in [0.29, 0.717) is 12.6 Å². The van der Waals surface area contributed by atoms with E-state index < -0.39 is 4.92 Å². The molecule has 8 heteroatoms. The van der Waals surface area contributed by atoms with Crippen LogP contribution in [-0.2, 0) is 0 Å². The van der Waals surface area contributed by atoms with Gasteiger partial charge in [-0.25, -0.2) is 4.98 Å². The number of nitrogens with zero attached hydrogens (tertiary/aromatic N) is 4. The molecule has 0 radical (unpaired) electrons. The first-order valence-electron chi connectivity index (χ1n) is 5.69. The lowest BCUT2D eigenvalue weighted by Crippen LogP contribution is -2.27. The van der Waals surface area contributed by atoms with Crippen LogP contribution in [0.1, 0.15) is 12.8 Å². The van der Waals surface area contributed by atoms with Gasteiger partial charge in [0.25, 0.3) is 0 Å². The number of likely N-dealkylation sites (N-methyl/N-ethyl adjacent to an activating group) is 1. The van der Waals surface area contributed by atoms with Gasteiger partial charge in [0.2, 0.25) is 11.1 Å². The summed E-state index contributed by atoms with van der Waals surface area (Å²) in [5.41, 5.74) is -0.159. The molecule has 18 heavy (non-hydrogen) atoms. The van der Waals surface area contributed by atoms with Gasteiger partial charge in [-0.05, 0) is 31.5 Å². The maximum Gasteiger partial charge on any atom is 0.329 e. The normalized spacial score (nSPS) is 14.8. The fourth-order valence-electron chi connectivity index (χ4n) is 1.67. The largest absolute Gasteiger partial charge is 0.363 e. The number of halogens is 1. The second-order valence-corrected chi connectivity index (χ2v) is 4.61. The summed E-state index contributed by atoms with van der Waals surface area (Å²) in [6, 6.07) is 0.663. The molecule has 7 nitrogen and oxygen atoms in total. The van der Waals surface area contributed by atoms with Crippen molar-refractivity contribution >= 4 is 23.1 Å². The van der Waals surface area contributed by atoms with E-state index >= 15 is 0 Å². The minimum absolute atomic E-state index is 0.00125. The van der Waals surface area contributed by atoms with E-state index in [2.05, 4.69) is 20.2 Å². The van der Waals surface area contributed by atoms with Crippen molar-refractivity contribution in [2.24, 2.45) is 0 Å². The van der Waals surface area contributed by atoms with Gasteiger partial charge in [0.15, 0.2) is 0 Å². The van der Waals surface area contributed by atoms with E-state index in [1.807, 2.05) is 7.05 Å². The van der Waals surface area contributed by atoms with E-state index in [1.165, 1.54) is 12.8 Å². The molecule has 1 aliphatic rings. The van der Waals surface area contributed by atoms with Gasteiger partial charge in [-0.2, -0.15) is 4.98 Å². The molecular weight excluding hydrogens is 258 g/mol. The molecule has 1 aliphatic carbocycles. The number of anilines is 1. The summed E-state index contributed by atoms with van der Waals surface area (Å²) >= 11 is 5.63. The highest BCUT2D eigenvalue weighted by molar-refractivity contribution is 6.28. The Hall–Kier alpha value is -1.47. The van der Waals surface area contributed by atoms with Crippen LogP contribution in [0.4, 0.5) is 11.5 Å². The van der Waals surface area contributed by atoms with Gasteiger partial charge in [0, 0.05) is 19.1 Å². The van der Waals surface area contributed by atoms with Crippen molar-refractivity contribution < 1.29 is 4.92 Å². The van der Waals surface area contributed by atoms with Gasteiger partial charge in [-0.3, -0.25) is 10.1 Å². The Morgan fingerprint density at radius 2 is 2.39 bits per heavy atom. The van der Waals surface area contributed by atoms with Crippen LogP contribution in [-0.4, -0.2) is 46.0 Å². The van der Waals surface area contributed by atoms with Crippen LogP contribution in [0.15, 0.2) is 6.20 Å². The van der Waals surface area contributed by atoms with Gasteiger partial charge >= 0.3 is 5.69 Å². The fourth-order valence-corrected chi connectivity index (χ4v) is 1.80. The van der Waals surface area contributed by atoms with Crippen molar-refractivity contribution in [3.8, 4) is 0 Å². The van der Waals surface area contributed by atoms with Crippen molar-refractivity contribution in [3.63, 3.8) is 0 Å². The molecule has 1 aromatic rings. The number of rotatable bonds is 6. The number of nitrogens with one attached hydrogen (secondary N) is 1. The Bertz CT molecular complexity index is 452. The molecule has 1 heterocycles. The molecule has 98 valence electrons. The van der Waals surface area contributed by atoms with Gasteiger partial charge < -0.3 is 10.2 Å². The van der Waals surface area contributed by atoms with E-state index in [0.717, 1.165) is 12.7 Å². The highest BCUT2D eigenvalue weighted by Crippen LogP contribution is 2.25. The average Bonchev–Trinajstić information content (AvgIpc) is 3.12. The molecular formula is C10H14ClN5O2. The highest BCUT2D eigenvalue weighted by atomic mass is 35.5. The van der Waals surface area contributed by atoms with Crippen molar-refractivity contribution in [2.45, 2.75) is 18.9 Å². The van der Waals surface area contributed by atoms with Crippen LogP contribution >= 0.6 is 11.6 Å². The molecule has 0 atom stereocenters. The summed E-state index contributed by atoms with van der Waals surface area (Å²) in [6.07, 6.45) is 3.58. The van der Waals surface area contributed by atoms with E-state index in [9.17, 15) is 10.1 Å². The van der Waals surface area contributed by atoms with Crippen LogP contribution in [0, 0.1) is 10.1 Å². The minimum Gasteiger partial charge on any atom is -0.363 e. The predicted octanol–water partition coefficient (Wildman–Crippen LogP) is 1.54. The highest BCUT2D eigenvalue weighted by Gasteiger charge is 2.25. The van der Waals surface area contributed by atoms with Crippen LogP contribution < -0.4 is 5.32 Å². The molecule has 1 N–H and O–H groups in total. The SMILES string of the molecule is CN(CCNc1nc(Cl)ncc1[N+](=O)[O-])C1CC1. The third kappa shape index (κ3) is 3.27. The summed E-state index contributed by atoms with van der Waals surface area (Å²) < 4.78 is 0. The van der Waals surface area contributed by atoms with Crippen LogP contribution in [0.25, 0.3) is 0 Å². The Labute approximate surface area is 109 Å². The predicted molar refractivity (Wildman–Crippen MR) is 67.8 cm³/mol. The number of hydrogen-bond donors (Lipinski definition) is 1. The zero-order valence-electron chi connectivity index (χ0n) is 9.97. The van der Waals surface area contributed by atoms with E-state index in [-0.39, 0.29) is 16.8 Å². The minimum atomic E-state index is -0.525. The van der Waals surface area contributed by atoms with Crippen LogP contribution in [0.3, 0.4) is 0 Å². The zero-order chi connectivity index (χ0) is 13.1. The van der Waals surface area contributed by atoms with Gasteiger partial charge in [0.05, 0.1) is 4.92 Å². The first-order valence-corrected chi connectivity index (χ1v) is 6.07. The fraction of sp³-hybridized carbons (Fsp3) is 0.600. The standard InChI is InChI=1S/C10H14ClN5O2/c1-15(7-2-3-7)5-4-12-9-8(16(17)18)6-13-10(11)14-9/h6-7H,2-5H2,1H3,(H,12,13,14). The van der Waals surface area contributed by atoms with E-state index in [4.69, 9.17) is 11.6 Å². The lowest BCUT2D eigenvalue weighted by Gasteiger charge is -2.15. The lowest BCUT2D eigenvalue weighted by atomic mass is 10.4. The third-order valence-corrected chi connectivity index (χ3v) is 3.05. The third-order valence-electron chi connectivity index (χ3n) is 2.86. The first kappa shape index (κ1) is 13.0. The molecule has 0 aliphatic heterocycles. The number of aromatic nitrogens is 2. The molecule has 0 bridgehead atoms. The summed E-state index contributed by atoms with van der Waals surface area (Å²) in [6.45, 7) is 1.39. The van der Waals surface area contributed by atoms with Crippen molar-refractivity contribution in [1.82, 2.24) is 14.9 Å². The summed E-state index contributed by atoms with van der Waals surface area (Å²) in [7, 11) is 2.04. The average molecular weight is 272 g/mol. The van der Waals surface area contributed by atoms with Crippen molar-refractivity contribution in [2.75, 3.05) is 25.5 Å². The van der Waals surface area contributed by atoms with Crippen molar-refractivity contribution in [3.05, 3.63) is 21.6 Å². The molecule has 0 unspecified atom stereocenters. The lowest BCUT2D eigenvalue weighted by molar-refractivity contribution is -0.384. The second-order valence-electron chi connectivity index (χ2n) is 4.27. The smallest absolute Gasteiger partial charge is 0.329 e. The zero-order valence-corrected chi connectivity index (χ0v) is 10.7. The molecule has 0 amide bonds. The second kappa shape index (κ2) is 5.45. The first-order chi connectivity index (χ1) is 8.58. The monoisotopic (exact) mass is 271 g/mol. The van der Waals surface area contributed by atoms with Gasteiger partial charge in [-0.15, -0.1) is 0 Å². The number of hydrogen-bond acceptors (Lipinski definition) is 6. The Kier molecular flexibility index (Phi) is 3.93. The summed E-state index contributed by atoms with van der Waals surface area (Å²) in [5.74, 6) is 0.171. The maximum absolute atomic E-state index is 10.8. The van der Waals surface area contributed by atoms with E-state index in [1.54, 1.807) is 0 Å². The molecule has 0 spiro atoms. The molecule has 0 saturated heterocycles. The summed E-state index contributed by atoms with van der Waals surface area (Å²) in [4.78, 5) is 19.9. The van der Waals surface area contributed by atoms with Crippen LogP contribution in [0.5, 0.6) is 0 Å². The van der Waals surface area contributed by atoms with Gasteiger partial charge in [-0.1, -0.05) is 0 Å². The molecule has 0 aromatic carbocycles. The van der Waals surface area contributed by atoms with Crippen LogP contribution in [0.2, 0.25) is 5.28 Å². The molecule has 1 aromatic heterocycles. The van der Waals surface area contributed by atoms with Gasteiger partial charge in [0.1, 0.15) is 6.20 Å². The number of nitro groups is 1. The Morgan fingerprint density at radius 3 is 3.00 bits per heavy atom. The molecule has 1 fully saturated rings. The Balaban J connectivity index is 1.94. The topological polar surface area (TPSA) is 84.2 Å². The quantitative estimate of drug-likeness (QED) is 0.480. The Morgan fingerprint density at radius 1 is 1.67 bits per heavy atom.